The maximum atomic E-state index is 11.9. The molecule has 0 saturated carbocycles. The maximum Gasteiger partial charge on any atom is 0.252 e. The number of rotatable bonds is 4. The third kappa shape index (κ3) is 3.83. The molecule has 1 amide bonds. The van der Waals surface area contributed by atoms with Crippen molar-refractivity contribution in [1.29, 1.82) is 0 Å². The minimum atomic E-state index is -0.441. The lowest BCUT2D eigenvalue weighted by Gasteiger charge is -2.23. The molecule has 0 aliphatic carbocycles. The molecular weight excluding hydrogens is 291 g/mol. The average Bonchev–Trinajstić information content (AvgIpc) is 2.25. The molecule has 3 nitrogen and oxygen atoms in total. The molecular formula is C12H14Cl2N2OS. The smallest absolute Gasteiger partial charge is 0.252 e. The fourth-order valence-corrected chi connectivity index (χ4v) is 1.72. The molecule has 0 unspecified atom stereocenters. The number of carbonyl (C=O) groups excluding carboxylic acids is 1. The summed E-state index contributed by atoms with van der Waals surface area (Å²) < 4.78 is 0. The van der Waals surface area contributed by atoms with E-state index in [0.29, 0.717) is 27.1 Å². The van der Waals surface area contributed by atoms with Gasteiger partial charge in [0.2, 0.25) is 0 Å². The Balaban J connectivity index is 2.75. The summed E-state index contributed by atoms with van der Waals surface area (Å²) in [6.45, 7) is 4.07. The molecule has 18 heavy (non-hydrogen) atoms. The van der Waals surface area contributed by atoms with Crippen molar-refractivity contribution in [1.82, 2.24) is 5.32 Å². The van der Waals surface area contributed by atoms with Crippen LogP contribution in [0.1, 0.15) is 24.2 Å². The number of carbonyl (C=O) groups is 1. The summed E-state index contributed by atoms with van der Waals surface area (Å²) in [5.74, 6) is -0.277. The summed E-state index contributed by atoms with van der Waals surface area (Å²) in [7, 11) is 0. The topological polar surface area (TPSA) is 55.1 Å². The first kappa shape index (κ1) is 15.2. The molecule has 1 rings (SSSR count). The van der Waals surface area contributed by atoms with Crippen molar-refractivity contribution in [3.63, 3.8) is 0 Å². The fourth-order valence-electron chi connectivity index (χ4n) is 1.16. The van der Waals surface area contributed by atoms with Crippen LogP contribution in [0.25, 0.3) is 0 Å². The Labute approximate surface area is 122 Å². The zero-order chi connectivity index (χ0) is 13.9. The van der Waals surface area contributed by atoms with E-state index >= 15 is 0 Å². The first-order valence-corrected chi connectivity index (χ1v) is 6.43. The highest BCUT2D eigenvalue weighted by Crippen LogP contribution is 2.21. The predicted octanol–water partition coefficient (Wildman–Crippen LogP) is 3.04. The fraction of sp³-hybridized carbons (Fsp3) is 0.333. The number of amides is 1. The van der Waals surface area contributed by atoms with Crippen LogP contribution in [-0.4, -0.2) is 17.4 Å². The summed E-state index contributed by atoms with van der Waals surface area (Å²) in [4.78, 5) is 12.3. The Morgan fingerprint density at radius 1 is 1.44 bits per heavy atom. The van der Waals surface area contributed by atoms with Gasteiger partial charge in [0.25, 0.3) is 5.91 Å². The summed E-state index contributed by atoms with van der Waals surface area (Å²) in [5, 5.41) is 3.55. The minimum Gasteiger partial charge on any atom is -0.393 e. The van der Waals surface area contributed by atoms with Crippen LogP contribution >= 0.6 is 35.4 Å². The van der Waals surface area contributed by atoms with E-state index in [1.54, 1.807) is 12.1 Å². The highest BCUT2D eigenvalue weighted by atomic mass is 35.5. The molecule has 0 aliphatic heterocycles. The molecule has 0 radical (unpaired) electrons. The average molecular weight is 305 g/mol. The number of benzene rings is 1. The van der Waals surface area contributed by atoms with Gasteiger partial charge in [0.15, 0.2) is 0 Å². The Morgan fingerprint density at radius 3 is 2.56 bits per heavy atom. The van der Waals surface area contributed by atoms with Crippen LogP contribution in [0.4, 0.5) is 0 Å². The van der Waals surface area contributed by atoms with E-state index < -0.39 is 5.41 Å². The molecule has 0 aromatic heterocycles. The summed E-state index contributed by atoms with van der Waals surface area (Å²) in [6, 6.07) is 4.71. The number of nitrogens with one attached hydrogen (secondary N) is 1. The van der Waals surface area contributed by atoms with Crippen LogP contribution in [0.3, 0.4) is 0 Å². The quantitative estimate of drug-likeness (QED) is 0.841. The van der Waals surface area contributed by atoms with Gasteiger partial charge in [-0.3, -0.25) is 4.79 Å². The number of thiocarbonyl (C=S) groups is 1. The third-order valence-corrected chi connectivity index (χ3v) is 3.63. The van der Waals surface area contributed by atoms with E-state index in [4.69, 9.17) is 41.2 Å². The number of nitrogens with two attached hydrogens (primary N) is 1. The molecule has 0 fully saturated rings. The van der Waals surface area contributed by atoms with Crippen molar-refractivity contribution >= 4 is 46.3 Å². The molecule has 0 heterocycles. The second kappa shape index (κ2) is 5.87. The first-order chi connectivity index (χ1) is 8.24. The van der Waals surface area contributed by atoms with E-state index in [2.05, 4.69) is 5.32 Å². The number of hydrogen-bond acceptors (Lipinski definition) is 2. The summed E-state index contributed by atoms with van der Waals surface area (Å²) in [5.41, 5.74) is 5.52. The van der Waals surface area contributed by atoms with E-state index in [9.17, 15) is 4.79 Å². The van der Waals surface area contributed by atoms with Gasteiger partial charge in [0, 0.05) is 17.0 Å². The van der Waals surface area contributed by atoms with E-state index in [-0.39, 0.29) is 5.91 Å². The highest BCUT2D eigenvalue weighted by molar-refractivity contribution is 7.80. The van der Waals surface area contributed by atoms with Gasteiger partial charge in [-0.25, -0.2) is 0 Å². The normalized spacial score (nSPS) is 11.1. The Bertz CT molecular complexity index is 489. The molecule has 0 spiro atoms. The van der Waals surface area contributed by atoms with Crippen molar-refractivity contribution in [2.45, 2.75) is 13.8 Å². The van der Waals surface area contributed by atoms with Gasteiger partial charge in [-0.05, 0) is 18.2 Å². The van der Waals surface area contributed by atoms with Crippen molar-refractivity contribution in [2.24, 2.45) is 11.1 Å². The number of hydrogen-bond donors (Lipinski definition) is 2. The van der Waals surface area contributed by atoms with Crippen LogP contribution in [-0.2, 0) is 0 Å². The SMILES string of the molecule is CC(C)(CNC(=O)c1ccc(Cl)cc1Cl)C(N)=S. The zero-order valence-corrected chi connectivity index (χ0v) is 12.4. The molecule has 1 aromatic rings. The molecule has 0 atom stereocenters. The molecule has 6 heteroatoms. The van der Waals surface area contributed by atoms with Crippen molar-refractivity contribution in [3.05, 3.63) is 33.8 Å². The Morgan fingerprint density at radius 2 is 2.06 bits per heavy atom. The van der Waals surface area contributed by atoms with Crippen LogP contribution in [0.15, 0.2) is 18.2 Å². The highest BCUT2D eigenvalue weighted by Gasteiger charge is 2.22. The van der Waals surface area contributed by atoms with Gasteiger partial charge in [-0.15, -0.1) is 0 Å². The lowest BCUT2D eigenvalue weighted by molar-refractivity contribution is 0.0945. The maximum absolute atomic E-state index is 11.9. The molecule has 0 saturated heterocycles. The molecule has 0 bridgehead atoms. The summed E-state index contributed by atoms with van der Waals surface area (Å²) in [6.07, 6.45) is 0. The van der Waals surface area contributed by atoms with E-state index in [1.165, 1.54) is 6.07 Å². The van der Waals surface area contributed by atoms with Gasteiger partial charge < -0.3 is 11.1 Å². The van der Waals surface area contributed by atoms with Gasteiger partial charge in [-0.1, -0.05) is 49.3 Å². The lowest BCUT2D eigenvalue weighted by atomic mass is 9.93. The van der Waals surface area contributed by atoms with Gasteiger partial charge in [-0.2, -0.15) is 0 Å². The standard InChI is InChI=1S/C12H14Cl2N2OS/c1-12(2,11(15)18)6-16-10(17)8-4-3-7(13)5-9(8)14/h3-5H,6H2,1-2H3,(H2,15,18)(H,16,17). The molecule has 1 aromatic carbocycles. The molecule has 0 aliphatic rings. The Hall–Kier alpha value is -0.840. The Kier molecular flexibility index (Phi) is 4.96. The largest absolute Gasteiger partial charge is 0.393 e. The first-order valence-electron chi connectivity index (χ1n) is 5.27. The van der Waals surface area contributed by atoms with Crippen molar-refractivity contribution < 1.29 is 4.79 Å². The van der Waals surface area contributed by atoms with Gasteiger partial charge in [0.05, 0.1) is 15.6 Å². The summed E-state index contributed by atoms with van der Waals surface area (Å²) >= 11 is 16.6. The zero-order valence-electron chi connectivity index (χ0n) is 10.1. The molecule has 3 N–H and O–H groups in total. The predicted molar refractivity (Wildman–Crippen MR) is 79.4 cm³/mol. The van der Waals surface area contributed by atoms with Crippen LogP contribution < -0.4 is 11.1 Å². The van der Waals surface area contributed by atoms with Gasteiger partial charge >= 0.3 is 0 Å². The second-order valence-corrected chi connectivity index (χ2v) is 5.84. The lowest BCUT2D eigenvalue weighted by Crippen LogP contribution is -2.41. The number of halogens is 2. The van der Waals surface area contributed by atoms with Crippen LogP contribution in [0, 0.1) is 5.41 Å². The van der Waals surface area contributed by atoms with Crippen LogP contribution in [0.5, 0.6) is 0 Å². The third-order valence-electron chi connectivity index (χ3n) is 2.53. The van der Waals surface area contributed by atoms with Gasteiger partial charge in [0.1, 0.15) is 0 Å². The monoisotopic (exact) mass is 304 g/mol. The molecule has 98 valence electrons. The second-order valence-electron chi connectivity index (χ2n) is 4.55. The van der Waals surface area contributed by atoms with Crippen molar-refractivity contribution in [2.75, 3.05) is 6.54 Å². The minimum absolute atomic E-state index is 0.277. The van der Waals surface area contributed by atoms with E-state index in [0.717, 1.165) is 0 Å². The van der Waals surface area contributed by atoms with Crippen LogP contribution in [0.2, 0.25) is 10.0 Å². The van der Waals surface area contributed by atoms with E-state index in [1.807, 2.05) is 13.8 Å². The van der Waals surface area contributed by atoms with Crippen molar-refractivity contribution in [3.8, 4) is 0 Å².